The van der Waals surface area contributed by atoms with Gasteiger partial charge in [0, 0.05) is 32.0 Å². The highest BCUT2D eigenvalue weighted by molar-refractivity contribution is 7.89. The molecule has 166 valence electrons. The molecular formula is C24H32N4O2S. The van der Waals surface area contributed by atoms with Gasteiger partial charge in [-0.1, -0.05) is 12.8 Å². The molecule has 4 aliphatic rings. The third-order valence-electron chi connectivity index (χ3n) is 8.52. The molecule has 6 nitrogen and oxygen atoms in total. The van der Waals surface area contributed by atoms with Gasteiger partial charge in [-0.2, -0.15) is 9.40 Å². The predicted octanol–water partition coefficient (Wildman–Crippen LogP) is 4.28. The number of aromatic nitrogens is 2. The van der Waals surface area contributed by atoms with Crippen molar-refractivity contribution in [1.29, 1.82) is 0 Å². The quantitative estimate of drug-likeness (QED) is 0.774. The summed E-state index contributed by atoms with van der Waals surface area (Å²) in [5.41, 5.74) is 3.56. The summed E-state index contributed by atoms with van der Waals surface area (Å²) in [5, 5.41) is 8.28. The number of hydrogen-bond donors (Lipinski definition) is 1. The zero-order chi connectivity index (χ0) is 21.2. The summed E-state index contributed by atoms with van der Waals surface area (Å²) in [6.07, 6.45) is 10.2. The van der Waals surface area contributed by atoms with E-state index in [0.717, 1.165) is 30.9 Å². The first-order chi connectivity index (χ1) is 15.0. The SMILES string of the molecule is Cn1nccc1C1Nc2ccc(S(=O)(=O)N3CCCC3)cc2C2CCC3CCCC3C21. The molecule has 2 aromatic rings. The van der Waals surface area contributed by atoms with Crippen molar-refractivity contribution in [2.45, 2.75) is 61.8 Å². The number of rotatable bonds is 3. The van der Waals surface area contributed by atoms with Crippen molar-refractivity contribution in [2.24, 2.45) is 24.8 Å². The third-order valence-corrected chi connectivity index (χ3v) is 10.4. The van der Waals surface area contributed by atoms with Crippen LogP contribution in [0.4, 0.5) is 5.69 Å². The number of fused-ring (bicyclic) bond motifs is 5. The van der Waals surface area contributed by atoms with Crippen LogP contribution < -0.4 is 5.32 Å². The molecule has 1 N–H and O–H groups in total. The summed E-state index contributed by atoms with van der Waals surface area (Å²) >= 11 is 0. The Labute approximate surface area is 185 Å². The molecule has 3 heterocycles. The molecule has 1 aromatic carbocycles. The smallest absolute Gasteiger partial charge is 0.243 e. The van der Waals surface area contributed by atoms with Crippen LogP contribution in [-0.2, 0) is 17.1 Å². The van der Waals surface area contributed by atoms with Crippen molar-refractivity contribution in [1.82, 2.24) is 14.1 Å². The Bertz CT molecular complexity index is 1090. The third kappa shape index (κ3) is 3.07. The van der Waals surface area contributed by atoms with Gasteiger partial charge in [0.2, 0.25) is 10.0 Å². The van der Waals surface area contributed by atoms with Gasteiger partial charge in [-0.05, 0) is 85.6 Å². The van der Waals surface area contributed by atoms with E-state index in [9.17, 15) is 8.42 Å². The lowest BCUT2D eigenvalue weighted by atomic mass is 9.61. The summed E-state index contributed by atoms with van der Waals surface area (Å²) in [6, 6.07) is 8.20. The Morgan fingerprint density at radius 3 is 2.65 bits per heavy atom. The molecule has 1 aromatic heterocycles. The number of anilines is 1. The van der Waals surface area contributed by atoms with Crippen LogP contribution >= 0.6 is 0 Å². The topological polar surface area (TPSA) is 67.2 Å². The van der Waals surface area contributed by atoms with Crippen molar-refractivity contribution >= 4 is 15.7 Å². The summed E-state index contributed by atoms with van der Waals surface area (Å²) in [4.78, 5) is 0.473. The maximum Gasteiger partial charge on any atom is 0.243 e. The molecular weight excluding hydrogens is 408 g/mol. The molecule has 0 amide bonds. The molecule has 0 radical (unpaired) electrons. The van der Waals surface area contributed by atoms with Gasteiger partial charge < -0.3 is 5.32 Å². The first kappa shape index (κ1) is 19.8. The van der Waals surface area contributed by atoms with Crippen LogP contribution in [0.1, 0.15) is 68.2 Å². The highest BCUT2D eigenvalue weighted by atomic mass is 32.2. The summed E-state index contributed by atoms with van der Waals surface area (Å²) in [7, 11) is -1.37. The van der Waals surface area contributed by atoms with Crippen LogP contribution in [0.3, 0.4) is 0 Å². The Balaban J connectivity index is 1.44. The largest absolute Gasteiger partial charge is 0.376 e. The molecule has 1 saturated heterocycles. The van der Waals surface area contributed by atoms with Crippen LogP contribution in [0.5, 0.6) is 0 Å². The zero-order valence-corrected chi connectivity index (χ0v) is 19.0. The second-order valence-corrected chi connectivity index (χ2v) is 11.9. The predicted molar refractivity (Wildman–Crippen MR) is 120 cm³/mol. The number of nitrogens with zero attached hydrogens (tertiary/aromatic N) is 3. The van der Waals surface area contributed by atoms with Gasteiger partial charge in [0.1, 0.15) is 0 Å². The fourth-order valence-electron chi connectivity index (χ4n) is 7.10. The minimum atomic E-state index is -3.40. The standard InChI is InChI=1S/C24H32N4O2S/c1-27-22(11-12-25-27)24-23-18-6-4-5-16(18)7-9-19(23)20-15-17(8-10-21(20)26-24)31(29,30)28-13-2-3-14-28/h8,10-12,15-16,18-19,23-24,26H,2-7,9,13-14H2,1H3. The van der Waals surface area contributed by atoms with Gasteiger partial charge in [-0.15, -0.1) is 0 Å². The Kier molecular flexibility index (Phi) is 4.69. The lowest BCUT2D eigenvalue weighted by Gasteiger charge is -2.49. The zero-order valence-electron chi connectivity index (χ0n) is 18.2. The van der Waals surface area contributed by atoms with Crippen LogP contribution in [-0.4, -0.2) is 35.6 Å². The average molecular weight is 441 g/mol. The summed E-state index contributed by atoms with van der Waals surface area (Å²) in [6.45, 7) is 1.30. The van der Waals surface area contributed by atoms with E-state index in [-0.39, 0.29) is 6.04 Å². The molecule has 2 saturated carbocycles. The molecule has 6 rings (SSSR count). The minimum absolute atomic E-state index is 0.233. The van der Waals surface area contributed by atoms with Gasteiger partial charge >= 0.3 is 0 Å². The first-order valence-electron chi connectivity index (χ1n) is 11.9. The van der Waals surface area contributed by atoms with E-state index in [1.807, 2.05) is 30.1 Å². The van der Waals surface area contributed by atoms with Crippen LogP contribution in [0, 0.1) is 17.8 Å². The van der Waals surface area contributed by atoms with Gasteiger partial charge in [-0.25, -0.2) is 8.42 Å². The van der Waals surface area contributed by atoms with E-state index >= 15 is 0 Å². The van der Waals surface area contributed by atoms with Crippen molar-refractivity contribution < 1.29 is 8.42 Å². The van der Waals surface area contributed by atoms with Crippen molar-refractivity contribution in [3.63, 3.8) is 0 Å². The van der Waals surface area contributed by atoms with Crippen molar-refractivity contribution in [2.75, 3.05) is 18.4 Å². The molecule has 5 unspecified atom stereocenters. The van der Waals surface area contributed by atoms with Crippen LogP contribution in [0.15, 0.2) is 35.4 Å². The normalized spacial score (nSPS) is 32.9. The molecule has 31 heavy (non-hydrogen) atoms. The Hall–Kier alpha value is -1.86. The summed E-state index contributed by atoms with van der Waals surface area (Å²) in [5.74, 6) is 2.42. The fourth-order valence-corrected chi connectivity index (χ4v) is 8.65. The first-order valence-corrected chi connectivity index (χ1v) is 13.4. The Morgan fingerprint density at radius 2 is 1.87 bits per heavy atom. The lowest BCUT2D eigenvalue weighted by molar-refractivity contribution is 0.127. The second-order valence-electron chi connectivity index (χ2n) is 9.98. The maximum atomic E-state index is 13.3. The highest BCUT2D eigenvalue weighted by Crippen LogP contribution is 2.59. The van der Waals surface area contributed by atoms with E-state index in [1.54, 1.807) is 10.4 Å². The van der Waals surface area contributed by atoms with E-state index in [2.05, 4.69) is 16.5 Å². The second kappa shape index (κ2) is 7.34. The van der Waals surface area contributed by atoms with Crippen molar-refractivity contribution in [3.05, 3.63) is 41.7 Å². The van der Waals surface area contributed by atoms with Gasteiger partial charge in [0.05, 0.1) is 16.6 Å². The van der Waals surface area contributed by atoms with E-state index in [4.69, 9.17) is 0 Å². The number of aryl methyl sites for hydroxylation is 1. The van der Waals surface area contributed by atoms with E-state index in [0.29, 0.717) is 35.7 Å². The van der Waals surface area contributed by atoms with Crippen molar-refractivity contribution in [3.8, 4) is 0 Å². The summed E-state index contributed by atoms with van der Waals surface area (Å²) < 4.78 is 30.2. The molecule has 0 bridgehead atoms. The minimum Gasteiger partial charge on any atom is -0.376 e. The van der Waals surface area contributed by atoms with Crippen LogP contribution in [0.25, 0.3) is 0 Å². The molecule has 5 atom stereocenters. The number of nitrogens with one attached hydrogen (secondary N) is 1. The molecule has 3 fully saturated rings. The van der Waals surface area contributed by atoms with Crippen LogP contribution in [0.2, 0.25) is 0 Å². The number of sulfonamides is 1. The van der Waals surface area contributed by atoms with Gasteiger partial charge in [-0.3, -0.25) is 4.68 Å². The van der Waals surface area contributed by atoms with Gasteiger partial charge in [0.25, 0.3) is 0 Å². The molecule has 7 heteroatoms. The molecule has 2 aliphatic heterocycles. The average Bonchev–Trinajstić information content (AvgIpc) is 3.53. The maximum absolute atomic E-state index is 13.3. The highest BCUT2D eigenvalue weighted by Gasteiger charge is 2.49. The fraction of sp³-hybridized carbons (Fsp3) is 0.625. The Morgan fingerprint density at radius 1 is 1.03 bits per heavy atom. The lowest BCUT2D eigenvalue weighted by Crippen LogP contribution is -2.41. The number of benzene rings is 1. The monoisotopic (exact) mass is 440 g/mol. The number of hydrogen-bond acceptors (Lipinski definition) is 4. The molecule has 2 aliphatic carbocycles. The van der Waals surface area contributed by atoms with E-state index in [1.165, 1.54) is 36.9 Å². The van der Waals surface area contributed by atoms with Gasteiger partial charge in [0.15, 0.2) is 0 Å². The molecule has 0 spiro atoms. The van der Waals surface area contributed by atoms with E-state index < -0.39 is 10.0 Å².